The van der Waals surface area contributed by atoms with E-state index in [-0.39, 0.29) is 5.91 Å². The summed E-state index contributed by atoms with van der Waals surface area (Å²) < 4.78 is 1.77. The number of hydrogen-bond acceptors (Lipinski definition) is 6. The summed E-state index contributed by atoms with van der Waals surface area (Å²) in [7, 11) is 0. The van der Waals surface area contributed by atoms with E-state index in [9.17, 15) is 4.79 Å². The van der Waals surface area contributed by atoms with E-state index >= 15 is 0 Å². The van der Waals surface area contributed by atoms with Crippen molar-refractivity contribution in [2.75, 3.05) is 17.6 Å². The standard InChI is InChI=1S/C14H17BrN4OS2/c1-9(2)7-16-12(20)8-21-14-19-18-13(22-14)17-11-5-3-4-10(15)6-11/h3-6,9H,7-8H2,1-2H3,(H,16,20)(H,17,18). The van der Waals surface area contributed by atoms with Gasteiger partial charge in [-0.3, -0.25) is 4.79 Å². The molecule has 0 aliphatic rings. The Kier molecular flexibility index (Phi) is 6.66. The SMILES string of the molecule is CC(C)CNC(=O)CSc1nnc(Nc2cccc(Br)c2)s1. The lowest BCUT2D eigenvalue weighted by molar-refractivity contribution is -0.118. The highest BCUT2D eigenvalue weighted by Crippen LogP contribution is 2.28. The molecular formula is C14H17BrN4OS2. The van der Waals surface area contributed by atoms with Crippen molar-refractivity contribution in [1.29, 1.82) is 0 Å². The van der Waals surface area contributed by atoms with Crippen LogP contribution in [0.1, 0.15) is 13.8 Å². The number of carbonyl (C=O) groups is 1. The highest BCUT2D eigenvalue weighted by atomic mass is 79.9. The van der Waals surface area contributed by atoms with Gasteiger partial charge in [0.2, 0.25) is 11.0 Å². The largest absolute Gasteiger partial charge is 0.355 e. The van der Waals surface area contributed by atoms with Crippen molar-refractivity contribution >= 4 is 55.8 Å². The van der Waals surface area contributed by atoms with E-state index < -0.39 is 0 Å². The van der Waals surface area contributed by atoms with Crippen LogP contribution in [0.3, 0.4) is 0 Å². The van der Waals surface area contributed by atoms with Crippen molar-refractivity contribution in [3.8, 4) is 0 Å². The number of halogens is 1. The average Bonchev–Trinajstić information content (AvgIpc) is 2.90. The molecule has 22 heavy (non-hydrogen) atoms. The van der Waals surface area contributed by atoms with Gasteiger partial charge in [-0.05, 0) is 24.1 Å². The number of hydrogen-bond donors (Lipinski definition) is 2. The highest BCUT2D eigenvalue weighted by Gasteiger charge is 2.08. The molecule has 0 atom stereocenters. The van der Waals surface area contributed by atoms with E-state index in [0.717, 1.165) is 14.5 Å². The van der Waals surface area contributed by atoms with E-state index in [0.29, 0.717) is 23.3 Å². The third kappa shape index (κ3) is 5.94. The Morgan fingerprint density at radius 1 is 1.41 bits per heavy atom. The number of aromatic nitrogens is 2. The maximum atomic E-state index is 11.7. The maximum absolute atomic E-state index is 11.7. The molecule has 118 valence electrons. The molecule has 0 spiro atoms. The van der Waals surface area contributed by atoms with Crippen molar-refractivity contribution in [3.63, 3.8) is 0 Å². The van der Waals surface area contributed by atoms with Gasteiger partial charge < -0.3 is 10.6 Å². The summed E-state index contributed by atoms with van der Waals surface area (Å²) in [6.07, 6.45) is 0. The number of carbonyl (C=O) groups excluding carboxylic acids is 1. The summed E-state index contributed by atoms with van der Waals surface area (Å²) in [5.74, 6) is 0.838. The fraction of sp³-hybridized carbons (Fsp3) is 0.357. The van der Waals surface area contributed by atoms with E-state index in [1.165, 1.54) is 23.1 Å². The fourth-order valence-corrected chi connectivity index (χ4v) is 3.51. The lowest BCUT2D eigenvalue weighted by atomic mass is 10.2. The molecule has 0 aliphatic heterocycles. The molecule has 1 heterocycles. The van der Waals surface area contributed by atoms with E-state index in [1.807, 2.05) is 24.3 Å². The molecule has 1 aromatic carbocycles. The third-order valence-corrected chi connectivity index (χ3v) is 4.98. The smallest absolute Gasteiger partial charge is 0.230 e. The van der Waals surface area contributed by atoms with Gasteiger partial charge in [0.25, 0.3) is 0 Å². The first-order valence-corrected chi connectivity index (χ1v) is 9.38. The molecule has 0 aliphatic carbocycles. The van der Waals surface area contributed by atoms with Crippen LogP contribution < -0.4 is 10.6 Å². The second-order valence-corrected chi connectivity index (χ2v) is 8.11. The second kappa shape index (κ2) is 8.50. The molecule has 0 saturated carbocycles. The van der Waals surface area contributed by atoms with E-state index in [2.05, 4.69) is 50.6 Å². The van der Waals surface area contributed by atoms with Gasteiger partial charge >= 0.3 is 0 Å². The minimum Gasteiger partial charge on any atom is -0.355 e. The van der Waals surface area contributed by atoms with Crippen LogP contribution in [0.4, 0.5) is 10.8 Å². The molecule has 1 aromatic heterocycles. The van der Waals surface area contributed by atoms with Crippen LogP contribution in [0, 0.1) is 5.92 Å². The zero-order chi connectivity index (χ0) is 15.9. The van der Waals surface area contributed by atoms with Gasteiger partial charge in [0.15, 0.2) is 4.34 Å². The normalized spacial score (nSPS) is 10.7. The summed E-state index contributed by atoms with van der Waals surface area (Å²) in [5.41, 5.74) is 0.941. The number of nitrogens with one attached hydrogen (secondary N) is 2. The monoisotopic (exact) mass is 400 g/mol. The number of rotatable bonds is 7. The summed E-state index contributed by atoms with van der Waals surface area (Å²) >= 11 is 6.26. The first-order chi connectivity index (χ1) is 10.5. The molecular weight excluding hydrogens is 384 g/mol. The first-order valence-electron chi connectivity index (χ1n) is 6.78. The Bertz CT molecular complexity index is 633. The van der Waals surface area contributed by atoms with Gasteiger partial charge in [0.1, 0.15) is 0 Å². The zero-order valence-corrected chi connectivity index (χ0v) is 15.5. The lowest BCUT2D eigenvalue weighted by Crippen LogP contribution is -2.28. The van der Waals surface area contributed by atoms with Gasteiger partial charge in [0.05, 0.1) is 5.75 Å². The Labute approximate surface area is 146 Å². The van der Waals surface area contributed by atoms with Crippen LogP contribution in [-0.2, 0) is 4.79 Å². The molecule has 5 nitrogen and oxygen atoms in total. The fourth-order valence-electron chi connectivity index (χ4n) is 1.50. The van der Waals surface area contributed by atoms with Crippen LogP contribution in [0.25, 0.3) is 0 Å². The predicted molar refractivity (Wildman–Crippen MR) is 95.9 cm³/mol. The molecule has 0 radical (unpaired) electrons. The molecule has 1 amide bonds. The Hall–Kier alpha value is -1.12. The summed E-state index contributed by atoms with van der Waals surface area (Å²) in [4.78, 5) is 11.7. The summed E-state index contributed by atoms with van der Waals surface area (Å²) in [6, 6.07) is 7.83. The molecule has 2 aromatic rings. The van der Waals surface area contributed by atoms with E-state index in [4.69, 9.17) is 0 Å². The number of nitrogens with zero attached hydrogens (tertiary/aromatic N) is 2. The first kappa shape index (κ1) is 17.2. The quantitative estimate of drug-likeness (QED) is 0.689. The van der Waals surface area contributed by atoms with Crippen molar-refractivity contribution in [2.24, 2.45) is 5.92 Å². The Morgan fingerprint density at radius 2 is 2.23 bits per heavy atom. The van der Waals surface area contributed by atoms with Crippen molar-refractivity contribution in [1.82, 2.24) is 15.5 Å². The van der Waals surface area contributed by atoms with Crippen LogP contribution in [-0.4, -0.2) is 28.4 Å². The molecule has 8 heteroatoms. The van der Waals surface area contributed by atoms with Gasteiger partial charge in [-0.2, -0.15) is 0 Å². The second-order valence-electron chi connectivity index (χ2n) is 5.00. The van der Waals surface area contributed by atoms with Crippen molar-refractivity contribution in [2.45, 2.75) is 18.2 Å². The van der Waals surface area contributed by atoms with Gasteiger partial charge in [-0.25, -0.2) is 0 Å². The number of thioether (sulfide) groups is 1. The molecule has 2 rings (SSSR count). The Morgan fingerprint density at radius 3 is 2.95 bits per heavy atom. The predicted octanol–water partition coefficient (Wildman–Crippen LogP) is 3.91. The minimum atomic E-state index is 0.0235. The maximum Gasteiger partial charge on any atom is 0.230 e. The van der Waals surface area contributed by atoms with Gasteiger partial charge in [-0.15, -0.1) is 10.2 Å². The van der Waals surface area contributed by atoms with Crippen LogP contribution in [0.2, 0.25) is 0 Å². The van der Waals surface area contributed by atoms with Crippen LogP contribution in [0.15, 0.2) is 33.1 Å². The molecule has 0 bridgehead atoms. The zero-order valence-electron chi connectivity index (χ0n) is 12.3. The summed E-state index contributed by atoms with van der Waals surface area (Å²) in [5, 5.41) is 14.9. The Balaban J connectivity index is 1.82. The molecule has 0 fully saturated rings. The van der Waals surface area contributed by atoms with E-state index in [1.54, 1.807) is 0 Å². The topological polar surface area (TPSA) is 66.9 Å². The number of amides is 1. The molecule has 0 unspecified atom stereocenters. The average molecular weight is 401 g/mol. The number of anilines is 2. The van der Waals surface area contributed by atoms with Crippen molar-refractivity contribution < 1.29 is 4.79 Å². The van der Waals surface area contributed by atoms with Crippen LogP contribution in [0.5, 0.6) is 0 Å². The molecule has 0 saturated heterocycles. The van der Waals surface area contributed by atoms with Crippen molar-refractivity contribution in [3.05, 3.63) is 28.7 Å². The van der Waals surface area contributed by atoms with Gasteiger partial charge in [-0.1, -0.05) is 58.9 Å². The number of benzene rings is 1. The van der Waals surface area contributed by atoms with Gasteiger partial charge in [0, 0.05) is 16.7 Å². The highest BCUT2D eigenvalue weighted by molar-refractivity contribution is 9.10. The minimum absolute atomic E-state index is 0.0235. The van der Waals surface area contributed by atoms with Crippen LogP contribution >= 0.6 is 39.0 Å². The summed E-state index contributed by atoms with van der Waals surface area (Å²) in [6.45, 7) is 4.83. The lowest BCUT2D eigenvalue weighted by Gasteiger charge is -2.06. The third-order valence-electron chi connectivity index (χ3n) is 2.52. The molecule has 2 N–H and O–H groups in total.